The Balaban J connectivity index is 1.55. The molecule has 1 unspecified atom stereocenters. The van der Waals surface area contributed by atoms with Crippen LogP contribution in [0.2, 0.25) is 0 Å². The van der Waals surface area contributed by atoms with Crippen molar-refractivity contribution in [3.63, 3.8) is 0 Å². The van der Waals surface area contributed by atoms with Gasteiger partial charge >= 0.3 is 0 Å². The Morgan fingerprint density at radius 1 is 1.09 bits per heavy atom. The molecule has 3 heteroatoms. The number of rotatable bonds is 6. The van der Waals surface area contributed by atoms with Crippen LogP contribution in [0.5, 0.6) is 0 Å². The molecule has 0 amide bonds. The third-order valence-corrected chi connectivity index (χ3v) is 4.33. The third-order valence-electron chi connectivity index (χ3n) is 4.33. The van der Waals surface area contributed by atoms with Crippen molar-refractivity contribution in [2.45, 2.75) is 39.7 Å². The lowest BCUT2D eigenvalue weighted by Crippen LogP contribution is -2.20. The van der Waals surface area contributed by atoms with Crippen molar-refractivity contribution in [3.05, 3.63) is 65.4 Å². The van der Waals surface area contributed by atoms with Crippen molar-refractivity contribution in [2.24, 2.45) is 0 Å². The number of hydrogen-bond donors (Lipinski definition) is 1. The van der Waals surface area contributed by atoms with Gasteiger partial charge in [-0.05, 0) is 49.9 Å². The molecular formula is C20H24N2O. The number of fused-ring (bicyclic) bond motifs is 1. The fourth-order valence-corrected chi connectivity index (χ4v) is 3.10. The summed E-state index contributed by atoms with van der Waals surface area (Å²) in [4.78, 5) is 4.43. The van der Waals surface area contributed by atoms with E-state index in [-0.39, 0.29) is 0 Å². The zero-order chi connectivity index (χ0) is 16.2. The van der Waals surface area contributed by atoms with Crippen molar-refractivity contribution in [3.8, 4) is 11.1 Å². The van der Waals surface area contributed by atoms with Crippen LogP contribution in [-0.4, -0.2) is 11.5 Å². The van der Waals surface area contributed by atoms with Gasteiger partial charge in [-0.3, -0.25) is 0 Å². The van der Waals surface area contributed by atoms with Crippen LogP contribution in [0.25, 0.3) is 11.1 Å². The van der Waals surface area contributed by atoms with Crippen LogP contribution in [-0.2, 0) is 6.42 Å². The molecule has 0 spiro atoms. The number of hydrogen-bond acceptors (Lipinski definition) is 3. The molecule has 0 bridgehead atoms. The zero-order valence-electron chi connectivity index (χ0n) is 14.1. The molecule has 0 fully saturated rings. The van der Waals surface area contributed by atoms with Crippen LogP contribution < -0.4 is 5.32 Å². The molecule has 0 aliphatic heterocycles. The molecule has 2 aliphatic rings. The highest BCUT2D eigenvalue weighted by molar-refractivity contribution is 5.70. The first-order chi connectivity index (χ1) is 11.1. The monoisotopic (exact) mass is 308 g/mol. The van der Waals surface area contributed by atoms with Crippen LogP contribution in [0.3, 0.4) is 0 Å². The lowest BCUT2D eigenvalue weighted by atomic mass is 10.0. The lowest BCUT2D eigenvalue weighted by molar-refractivity contribution is 0.492. The van der Waals surface area contributed by atoms with Gasteiger partial charge in [-0.1, -0.05) is 42.5 Å². The topological polar surface area (TPSA) is 38.1 Å². The molecule has 1 N–H and O–H groups in total. The second-order valence-electron chi connectivity index (χ2n) is 6.08. The Kier molecular flexibility index (Phi) is 4.77. The highest BCUT2D eigenvalue weighted by atomic mass is 16.4. The van der Waals surface area contributed by atoms with Gasteiger partial charge in [0, 0.05) is 13.0 Å². The Bertz CT molecular complexity index is 747. The van der Waals surface area contributed by atoms with Gasteiger partial charge in [0.25, 0.3) is 0 Å². The largest absolute Gasteiger partial charge is 0.446 e. The minimum absolute atomic E-state index is 0.343. The Morgan fingerprint density at radius 3 is 2.70 bits per heavy atom. The molecule has 0 saturated heterocycles. The van der Waals surface area contributed by atoms with Crippen molar-refractivity contribution in [1.29, 1.82) is 0 Å². The van der Waals surface area contributed by atoms with E-state index in [0.717, 1.165) is 36.7 Å². The third kappa shape index (κ3) is 3.62. The Morgan fingerprint density at radius 2 is 1.91 bits per heavy atom. The van der Waals surface area contributed by atoms with E-state index in [1.807, 2.05) is 13.8 Å². The Labute approximate surface area is 138 Å². The fraction of sp³-hybridized carbons (Fsp3) is 0.350. The van der Waals surface area contributed by atoms with Gasteiger partial charge in [-0.15, -0.1) is 0 Å². The summed E-state index contributed by atoms with van der Waals surface area (Å²) in [5.41, 5.74) is 5.08. The van der Waals surface area contributed by atoms with E-state index in [1.54, 1.807) is 0 Å². The van der Waals surface area contributed by atoms with Gasteiger partial charge in [0.2, 0.25) is 0 Å². The van der Waals surface area contributed by atoms with E-state index in [1.165, 1.54) is 16.7 Å². The van der Waals surface area contributed by atoms with Crippen LogP contribution in [0, 0.1) is 13.8 Å². The normalized spacial score (nSPS) is 12.7. The second-order valence-corrected chi connectivity index (χ2v) is 6.08. The summed E-state index contributed by atoms with van der Waals surface area (Å²) >= 11 is 0. The molecule has 3 nitrogen and oxygen atoms in total. The average molecular weight is 308 g/mol. The number of nitrogens with one attached hydrogen (secondary N) is 1. The quantitative estimate of drug-likeness (QED) is 0.672. The maximum Gasteiger partial charge on any atom is 0.191 e. The summed E-state index contributed by atoms with van der Waals surface area (Å²) in [6.07, 6.45) is 2.02. The van der Waals surface area contributed by atoms with Gasteiger partial charge in [0.1, 0.15) is 5.76 Å². The van der Waals surface area contributed by atoms with E-state index in [9.17, 15) is 0 Å². The second kappa shape index (κ2) is 6.97. The number of nitrogens with zero attached hydrogens (tertiary/aromatic N) is 1. The maximum atomic E-state index is 5.48. The molecule has 1 heterocycles. The first-order valence-electron chi connectivity index (χ1n) is 8.29. The van der Waals surface area contributed by atoms with Crippen LogP contribution >= 0.6 is 0 Å². The van der Waals surface area contributed by atoms with E-state index >= 15 is 0 Å². The summed E-state index contributed by atoms with van der Waals surface area (Å²) in [6, 6.07) is 15.4. The molecule has 120 valence electrons. The van der Waals surface area contributed by atoms with Crippen molar-refractivity contribution < 1.29 is 4.42 Å². The molecule has 1 aromatic rings. The predicted molar refractivity (Wildman–Crippen MR) is 93.8 cm³/mol. The van der Waals surface area contributed by atoms with Crippen LogP contribution in [0.15, 0.2) is 46.9 Å². The Hall–Kier alpha value is -2.13. The van der Waals surface area contributed by atoms with Crippen molar-refractivity contribution >= 4 is 0 Å². The fourth-order valence-electron chi connectivity index (χ4n) is 3.10. The summed E-state index contributed by atoms with van der Waals surface area (Å²) < 4.78 is 5.48. The summed E-state index contributed by atoms with van der Waals surface area (Å²) in [6.45, 7) is 7.09. The van der Waals surface area contributed by atoms with Crippen molar-refractivity contribution in [2.75, 3.05) is 6.54 Å². The number of aryl methyl sites for hydroxylation is 3. The molecule has 0 aromatic carbocycles. The summed E-state index contributed by atoms with van der Waals surface area (Å²) in [5, 5.41) is 3.63. The standard InChI is InChI=1S/C20H24N2O/c1-14(18-12-11-17-8-5-4-6-9-19(17)18)21-13-7-10-20-15(2)23-16(3)22-20/h4-6,8-9,11-12,14,21H,7,10,13H2,1-3H3. The maximum absolute atomic E-state index is 5.48. The predicted octanol–water partition coefficient (Wildman–Crippen LogP) is 4.68. The minimum atomic E-state index is 0.343. The smallest absolute Gasteiger partial charge is 0.191 e. The first-order valence-corrected chi connectivity index (χ1v) is 8.29. The zero-order valence-corrected chi connectivity index (χ0v) is 14.1. The van der Waals surface area contributed by atoms with Crippen LogP contribution in [0.1, 0.15) is 42.3 Å². The van der Waals surface area contributed by atoms with Crippen LogP contribution in [0.4, 0.5) is 0 Å². The van der Waals surface area contributed by atoms with Gasteiger partial charge in [0.05, 0.1) is 5.69 Å². The van der Waals surface area contributed by atoms with E-state index < -0.39 is 0 Å². The van der Waals surface area contributed by atoms with E-state index in [0.29, 0.717) is 6.04 Å². The van der Waals surface area contributed by atoms with Gasteiger partial charge in [-0.2, -0.15) is 0 Å². The van der Waals surface area contributed by atoms with Gasteiger partial charge < -0.3 is 9.73 Å². The number of oxazole rings is 1. The van der Waals surface area contributed by atoms with E-state index in [2.05, 4.69) is 59.7 Å². The summed E-state index contributed by atoms with van der Waals surface area (Å²) in [7, 11) is 0. The highest BCUT2D eigenvalue weighted by Crippen LogP contribution is 2.31. The van der Waals surface area contributed by atoms with Gasteiger partial charge in [-0.25, -0.2) is 4.98 Å². The lowest BCUT2D eigenvalue weighted by Gasteiger charge is -2.14. The summed E-state index contributed by atoms with van der Waals surface area (Å²) in [5.74, 6) is 1.71. The molecule has 3 rings (SSSR count). The molecule has 2 aliphatic carbocycles. The molecule has 0 radical (unpaired) electrons. The van der Waals surface area contributed by atoms with Gasteiger partial charge in [0.15, 0.2) is 5.89 Å². The SMILES string of the molecule is Cc1nc(CCCNC(C)c2ccc3cccccc2-3)c(C)o1. The molecule has 23 heavy (non-hydrogen) atoms. The van der Waals surface area contributed by atoms with Crippen molar-refractivity contribution in [1.82, 2.24) is 10.3 Å². The molecule has 1 aromatic heterocycles. The molecular weight excluding hydrogens is 284 g/mol. The molecule has 0 saturated carbocycles. The first kappa shape index (κ1) is 15.8. The highest BCUT2D eigenvalue weighted by Gasteiger charge is 2.13. The van der Waals surface area contributed by atoms with E-state index in [4.69, 9.17) is 4.42 Å². The number of aromatic nitrogens is 1. The molecule has 1 atom stereocenters. The average Bonchev–Trinajstić information content (AvgIpc) is 2.98. The minimum Gasteiger partial charge on any atom is -0.446 e.